The van der Waals surface area contributed by atoms with Crippen LogP contribution in [-0.2, 0) is 9.59 Å². The maximum absolute atomic E-state index is 12.0. The van der Waals surface area contributed by atoms with Crippen LogP contribution in [0.25, 0.3) is 0 Å². The first-order chi connectivity index (χ1) is 9.97. The lowest BCUT2D eigenvalue weighted by atomic mass is 10.0. The Kier molecular flexibility index (Phi) is 4.83. The van der Waals surface area contributed by atoms with Crippen LogP contribution in [0.15, 0.2) is 24.3 Å². The molecule has 0 aliphatic carbocycles. The zero-order chi connectivity index (χ0) is 15.4. The zero-order valence-corrected chi connectivity index (χ0v) is 12.4. The van der Waals surface area contributed by atoms with E-state index in [0.29, 0.717) is 24.6 Å². The van der Waals surface area contributed by atoms with Gasteiger partial charge in [0.1, 0.15) is 5.75 Å². The third-order valence-corrected chi connectivity index (χ3v) is 3.80. The number of hydrogen-bond acceptors (Lipinski definition) is 3. The summed E-state index contributed by atoms with van der Waals surface area (Å²) in [6, 6.07) is 7.68. The summed E-state index contributed by atoms with van der Waals surface area (Å²) in [6.45, 7) is 4.96. The van der Waals surface area contributed by atoms with Gasteiger partial charge in [0.15, 0.2) is 6.61 Å². The van der Waals surface area contributed by atoms with E-state index in [1.54, 1.807) is 4.90 Å². The lowest BCUT2D eigenvalue weighted by molar-refractivity contribution is -0.141. The fourth-order valence-electron chi connectivity index (χ4n) is 2.37. The average Bonchev–Trinajstić information content (AvgIpc) is 2.95. The van der Waals surface area contributed by atoms with Crippen LogP contribution in [0.1, 0.15) is 31.7 Å². The Hall–Kier alpha value is -2.04. The highest BCUT2D eigenvalue weighted by Gasteiger charge is 2.30. The van der Waals surface area contributed by atoms with Crippen molar-refractivity contribution in [3.8, 4) is 5.75 Å². The molecule has 1 amide bonds. The summed E-state index contributed by atoms with van der Waals surface area (Å²) in [5.74, 6) is -0.332. The van der Waals surface area contributed by atoms with E-state index in [2.05, 4.69) is 13.8 Å². The van der Waals surface area contributed by atoms with Crippen molar-refractivity contribution in [1.29, 1.82) is 0 Å². The van der Waals surface area contributed by atoms with Gasteiger partial charge in [-0.3, -0.25) is 9.59 Å². The van der Waals surface area contributed by atoms with Gasteiger partial charge in [-0.1, -0.05) is 26.0 Å². The molecule has 1 aliphatic heterocycles. The number of amides is 1. The Morgan fingerprint density at radius 2 is 2.00 bits per heavy atom. The quantitative estimate of drug-likeness (QED) is 0.902. The number of rotatable bonds is 5. The number of nitrogens with zero attached hydrogens (tertiary/aromatic N) is 1. The molecule has 0 radical (unpaired) electrons. The summed E-state index contributed by atoms with van der Waals surface area (Å²) in [4.78, 5) is 24.4. The number of carboxylic acids is 1. The maximum atomic E-state index is 12.0. The van der Waals surface area contributed by atoms with Crippen molar-refractivity contribution < 1.29 is 19.4 Å². The molecule has 5 heteroatoms. The highest BCUT2D eigenvalue weighted by Crippen LogP contribution is 2.19. The Morgan fingerprint density at radius 1 is 1.33 bits per heavy atom. The van der Waals surface area contributed by atoms with Gasteiger partial charge in [-0.2, -0.15) is 0 Å². The van der Waals surface area contributed by atoms with Crippen molar-refractivity contribution in [2.75, 3.05) is 19.7 Å². The summed E-state index contributed by atoms with van der Waals surface area (Å²) in [7, 11) is 0. The molecule has 0 bridgehead atoms. The van der Waals surface area contributed by atoms with Crippen molar-refractivity contribution in [3.05, 3.63) is 29.8 Å². The van der Waals surface area contributed by atoms with Gasteiger partial charge in [-0.25, -0.2) is 0 Å². The van der Waals surface area contributed by atoms with E-state index in [0.717, 1.165) is 0 Å². The van der Waals surface area contributed by atoms with Gasteiger partial charge < -0.3 is 14.7 Å². The van der Waals surface area contributed by atoms with Crippen LogP contribution < -0.4 is 4.74 Å². The average molecular weight is 291 g/mol. The summed E-state index contributed by atoms with van der Waals surface area (Å²) < 4.78 is 5.47. The molecule has 1 heterocycles. The molecule has 0 saturated carbocycles. The Bertz CT molecular complexity index is 510. The van der Waals surface area contributed by atoms with E-state index in [4.69, 9.17) is 9.84 Å². The zero-order valence-electron chi connectivity index (χ0n) is 12.4. The first-order valence-corrected chi connectivity index (χ1v) is 7.20. The largest absolute Gasteiger partial charge is 0.484 e. The van der Waals surface area contributed by atoms with E-state index < -0.39 is 11.9 Å². The number of likely N-dealkylation sites (tertiary alicyclic amines) is 1. The fourth-order valence-corrected chi connectivity index (χ4v) is 2.37. The molecule has 1 fully saturated rings. The fraction of sp³-hybridized carbons (Fsp3) is 0.500. The highest BCUT2D eigenvalue weighted by atomic mass is 16.5. The number of carboxylic acid groups (broad SMARTS) is 1. The lowest BCUT2D eigenvalue weighted by Gasteiger charge is -2.16. The van der Waals surface area contributed by atoms with Crippen LogP contribution >= 0.6 is 0 Å². The predicted octanol–water partition coefficient (Wildman–Crippen LogP) is 2.12. The maximum Gasteiger partial charge on any atom is 0.308 e. The molecule has 1 aliphatic rings. The summed E-state index contributed by atoms with van der Waals surface area (Å²) >= 11 is 0. The molecule has 2 rings (SSSR count). The van der Waals surface area contributed by atoms with Crippen LogP contribution in [0, 0.1) is 5.92 Å². The van der Waals surface area contributed by atoms with Crippen molar-refractivity contribution in [3.63, 3.8) is 0 Å². The van der Waals surface area contributed by atoms with Crippen LogP contribution in [0.4, 0.5) is 0 Å². The third kappa shape index (κ3) is 3.97. The number of hydrogen-bond donors (Lipinski definition) is 1. The normalized spacial score (nSPS) is 18.0. The van der Waals surface area contributed by atoms with E-state index >= 15 is 0 Å². The molecule has 0 aromatic heterocycles. The molecule has 114 valence electrons. The van der Waals surface area contributed by atoms with Crippen LogP contribution in [0.3, 0.4) is 0 Å². The standard InChI is InChI=1S/C16H21NO4/c1-11(2)12-3-5-14(6-4-12)21-10-15(18)17-8-7-13(9-17)16(19)20/h3-6,11,13H,7-10H2,1-2H3,(H,19,20). The molecule has 0 spiro atoms. The second-order valence-corrected chi connectivity index (χ2v) is 5.68. The van der Waals surface area contributed by atoms with E-state index in [1.807, 2.05) is 24.3 Å². The van der Waals surface area contributed by atoms with Gasteiger partial charge in [0, 0.05) is 13.1 Å². The lowest BCUT2D eigenvalue weighted by Crippen LogP contribution is -2.33. The van der Waals surface area contributed by atoms with Crippen molar-refractivity contribution in [2.45, 2.75) is 26.2 Å². The second kappa shape index (κ2) is 6.61. The molecular formula is C16H21NO4. The highest BCUT2D eigenvalue weighted by molar-refractivity contribution is 5.80. The molecule has 5 nitrogen and oxygen atoms in total. The van der Waals surface area contributed by atoms with Crippen molar-refractivity contribution in [1.82, 2.24) is 4.90 Å². The molecule has 1 N–H and O–H groups in total. The van der Waals surface area contributed by atoms with Gasteiger partial charge in [0.2, 0.25) is 0 Å². The first kappa shape index (κ1) is 15.4. The van der Waals surface area contributed by atoms with Gasteiger partial charge in [0.05, 0.1) is 5.92 Å². The van der Waals surface area contributed by atoms with E-state index in [9.17, 15) is 9.59 Å². The topological polar surface area (TPSA) is 66.8 Å². The smallest absolute Gasteiger partial charge is 0.308 e. The summed E-state index contributed by atoms with van der Waals surface area (Å²) in [5, 5.41) is 8.92. The minimum Gasteiger partial charge on any atom is -0.484 e. The molecule has 1 atom stereocenters. The number of benzene rings is 1. The van der Waals surface area contributed by atoms with E-state index in [-0.39, 0.29) is 19.1 Å². The first-order valence-electron chi connectivity index (χ1n) is 7.20. The Labute approximate surface area is 124 Å². The number of carbonyl (C=O) groups excluding carboxylic acids is 1. The third-order valence-electron chi connectivity index (χ3n) is 3.80. The Morgan fingerprint density at radius 3 is 2.52 bits per heavy atom. The second-order valence-electron chi connectivity index (χ2n) is 5.68. The van der Waals surface area contributed by atoms with Crippen LogP contribution in [-0.4, -0.2) is 41.6 Å². The molecule has 21 heavy (non-hydrogen) atoms. The SMILES string of the molecule is CC(C)c1ccc(OCC(=O)N2CCC(C(=O)O)C2)cc1. The molecule has 1 unspecified atom stereocenters. The summed E-state index contributed by atoms with van der Waals surface area (Å²) in [5.41, 5.74) is 1.22. The minimum absolute atomic E-state index is 0.0482. The monoisotopic (exact) mass is 291 g/mol. The van der Waals surface area contributed by atoms with Gasteiger partial charge in [-0.05, 0) is 30.0 Å². The van der Waals surface area contributed by atoms with Crippen LogP contribution in [0.5, 0.6) is 5.75 Å². The van der Waals surface area contributed by atoms with Crippen molar-refractivity contribution in [2.24, 2.45) is 5.92 Å². The van der Waals surface area contributed by atoms with Crippen LogP contribution in [0.2, 0.25) is 0 Å². The molecular weight excluding hydrogens is 270 g/mol. The number of aliphatic carboxylic acids is 1. The Balaban J connectivity index is 1.83. The molecule has 1 saturated heterocycles. The minimum atomic E-state index is -0.838. The van der Waals surface area contributed by atoms with E-state index in [1.165, 1.54) is 5.56 Å². The van der Waals surface area contributed by atoms with Gasteiger partial charge >= 0.3 is 5.97 Å². The summed E-state index contributed by atoms with van der Waals surface area (Å²) in [6.07, 6.45) is 0.518. The molecule has 1 aromatic rings. The number of ether oxygens (including phenoxy) is 1. The molecule has 1 aromatic carbocycles. The predicted molar refractivity (Wildman–Crippen MR) is 78.3 cm³/mol. The van der Waals surface area contributed by atoms with Gasteiger partial charge in [0.25, 0.3) is 5.91 Å². The van der Waals surface area contributed by atoms with Crippen molar-refractivity contribution >= 4 is 11.9 Å². The van der Waals surface area contributed by atoms with Gasteiger partial charge in [-0.15, -0.1) is 0 Å². The number of carbonyl (C=O) groups is 2.